The molecule has 2 aromatic rings. The summed E-state index contributed by atoms with van der Waals surface area (Å²) in [6, 6.07) is 3.16. The number of hydrogen-bond donors (Lipinski definition) is 2. The summed E-state index contributed by atoms with van der Waals surface area (Å²) < 4.78 is 5.08. The molecule has 0 saturated carbocycles. The SMILES string of the molecule is CC(OC(=O)c1csc(-c2cccs2)n1)C(=O)NC(=O)NC(C)(C)C. The van der Waals surface area contributed by atoms with Crippen molar-refractivity contribution in [2.45, 2.75) is 39.3 Å². The van der Waals surface area contributed by atoms with Gasteiger partial charge in [-0.3, -0.25) is 10.1 Å². The fraction of sp³-hybridized carbons (Fsp3) is 0.375. The van der Waals surface area contributed by atoms with Crippen LogP contribution < -0.4 is 10.6 Å². The number of aromatic nitrogens is 1. The molecule has 0 radical (unpaired) electrons. The van der Waals surface area contributed by atoms with E-state index in [9.17, 15) is 14.4 Å². The number of imide groups is 1. The van der Waals surface area contributed by atoms with E-state index in [-0.39, 0.29) is 5.69 Å². The van der Waals surface area contributed by atoms with E-state index < -0.39 is 29.6 Å². The zero-order valence-corrected chi connectivity index (χ0v) is 15.9. The molecule has 2 heterocycles. The first kappa shape index (κ1) is 19.1. The van der Waals surface area contributed by atoms with E-state index >= 15 is 0 Å². The topological polar surface area (TPSA) is 97.4 Å². The lowest BCUT2D eigenvalue weighted by Gasteiger charge is -2.21. The molecule has 2 aromatic heterocycles. The fourth-order valence-electron chi connectivity index (χ4n) is 1.74. The Morgan fingerprint density at radius 3 is 2.56 bits per heavy atom. The van der Waals surface area contributed by atoms with Crippen molar-refractivity contribution < 1.29 is 19.1 Å². The largest absolute Gasteiger partial charge is 0.448 e. The van der Waals surface area contributed by atoms with Gasteiger partial charge in [0.05, 0.1) is 4.88 Å². The number of rotatable bonds is 4. The van der Waals surface area contributed by atoms with E-state index in [1.54, 1.807) is 26.2 Å². The van der Waals surface area contributed by atoms with Gasteiger partial charge in [0, 0.05) is 10.9 Å². The summed E-state index contributed by atoms with van der Waals surface area (Å²) in [6.45, 7) is 6.75. The maximum Gasteiger partial charge on any atom is 0.358 e. The Kier molecular flexibility index (Phi) is 5.91. The second kappa shape index (κ2) is 7.75. The van der Waals surface area contributed by atoms with Gasteiger partial charge in [0.25, 0.3) is 5.91 Å². The average molecular weight is 381 g/mol. The zero-order valence-electron chi connectivity index (χ0n) is 14.3. The number of thiophene rings is 1. The minimum atomic E-state index is -1.12. The van der Waals surface area contributed by atoms with E-state index in [0.717, 1.165) is 4.88 Å². The van der Waals surface area contributed by atoms with Gasteiger partial charge in [-0.05, 0) is 39.1 Å². The highest BCUT2D eigenvalue weighted by Gasteiger charge is 2.24. The number of amides is 3. The molecule has 2 N–H and O–H groups in total. The summed E-state index contributed by atoms with van der Waals surface area (Å²) in [5.41, 5.74) is -0.351. The van der Waals surface area contributed by atoms with Gasteiger partial charge >= 0.3 is 12.0 Å². The van der Waals surface area contributed by atoms with Crippen LogP contribution in [0.25, 0.3) is 9.88 Å². The predicted octanol–water partition coefficient (Wildman–Crippen LogP) is 3.04. The first-order valence-electron chi connectivity index (χ1n) is 7.49. The van der Waals surface area contributed by atoms with Gasteiger partial charge in [-0.25, -0.2) is 14.6 Å². The Morgan fingerprint density at radius 1 is 1.24 bits per heavy atom. The van der Waals surface area contributed by atoms with Gasteiger partial charge in [0.15, 0.2) is 11.8 Å². The van der Waals surface area contributed by atoms with Crippen LogP contribution in [0.3, 0.4) is 0 Å². The zero-order chi connectivity index (χ0) is 18.6. The van der Waals surface area contributed by atoms with Crippen molar-refractivity contribution in [1.29, 1.82) is 0 Å². The van der Waals surface area contributed by atoms with E-state index in [1.165, 1.54) is 29.6 Å². The highest BCUT2D eigenvalue weighted by Crippen LogP contribution is 2.28. The molecular weight excluding hydrogens is 362 g/mol. The van der Waals surface area contributed by atoms with Gasteiger partial charge in [0.1, 0.15) is 5.01 Å². The van der Waals surface area contributed by atoms with Gasteiger partial charge in [-0.2, -0.15) is 0 Å². The number of ether oxygens (including phenoxy) is 1. The van der Waals surface area contributed by atoms with E-state index in [4.69, 9.17) is 4.74 Å². The summed E-state index contributed by atoms with van der Waals surface area (Å²) >= 11 is 2.84. The maximum absolute atomic E-state index is 12.1. The number of hydrogen-bond acceptors (Lipinski definition) is 7. The maximum atomic E-state index is 12.1. The molecule has 1 unspecified atom stereocenters. The number of carbonyl (C=O) groups is 3. The van der Waals surface area contributed by atoms with Crippen LogP contribution in [0, 0.1) is 0 Å². The molecule has 0 aliphatic rings. The van der Waals surface area contributed by atoms with Gasteiger partial charge in [-0.15, -0.1) is 22.7 Å². The molecule has 0 aliphatic carbocycles. The highest BCUT2D eigenvalue weighted by atomic mass is 32.1. The average Bonchev–Trinajstić information content (AvgIpc) is 3.16. The van der Waals surface area contributed by atoms with Crippen molar-refractivity contribution in [3.63, 3.8) is 0 Å². The number of nitrogens with one attached hydrogen (secondary N) is 2. The van der Waals surface area contributed by atoms with Crippen molar-refractivity contribution in [3.8, 4) is 9.88 Å². The third kappa shape index (κ3) is 5.64. The molecule has 134 valence electrons. The molecule has 0 aromatic carbocycles. The quantitative estimate of drug-likeness (QED) is 0.794. The molecule has 0 aliphatic heterocycles. The van der Waals surface area contributed by atoms with Gasteiger partial charge < -0.3 is 10.1 Å². The van der Waals surface area contributed by atoms with Gasteiger partial charge in [-0.1, -0.05) is 6.07 Å². The summed E-state index contributed by atoms with van der Waals surface area (Å²) in [5.74, 6) is -1.42. The lowest BCUT2D eigenvalue weighted by atomic mass is 10.1. The van der Waals surface area contributed by atoms with Crippen LogP contribution in [0.4, 0.5) is 4.79 Å². The third-order valence-corrected chi connectivity index (χ3v) is 4.70. The van der Waals surface area contributed by atoms with Crippen LogP contribution >= 0.6 is 22.7 Å². The van der Waals surface area contributed by atoms with Crippen molar-refractivity contribution in [2.75, 3.05) is 0 Å². The van der Waals surface area contributed by atoms with E-state index in [2.05, 4.69) is 15.6 Å². The Hall–Kier alpha value is -2.26. The second-order valence-corrected chi connectivity index (χ2v) is 8.06. The molecule has 3 amide bonds. The predicted molar refractivity (Wildman–Crippen MR) is 96.7 cm³/mol. The summed E-state index contributed by atoms with van der Waals surface area (Å²) in [5, 5.41) is 8.94. The lowest BCUT2D eigenvalue weighted by molar-refractivity contribution is -0.127. The molecular formula is C16H19N3O4S2. The summed E-state index contributed by atoms with van der Waals surface area (Å²) in [6.07, 6.45) is -1.12. The summed E-state index contributed by atoms with van der Waals surface area (Å²) in [7, 11) is 0. The van der Waals surface area contributed by atoms with Crippen molar-refractivity contribution in [3.05, 3.63) is 28.6 Å². The first-order chi connectivity index (χ1) is 11.7. The number of carbonyl (C=O) groups excluding carboxylic acids is 3. The van der Waals surface area contributed by atoms with Gasteiger partial charge in [0.2, 0.25) is 0 Å². The lowest BCUT2D eigenvalue weighted by Crippen LogP contribution is -2.50. The normalized spacial score (nSPS) is 12.3. The summed E-state index contributed by atoms with van der Waals surface area (Å²) in [4.78, 5) is 40.9. The number of esters is 1. The Labute approximate surface area is 153 Å². The Morgan fingerprint density at radius 2 is 1.96 bits per heavy atom. The fourth-order valence-corrected chi connectivity index (χ4v) is 3.34. The van der Waals surface area contributed by atoms with Crippen molar-refractivity contribution in [1.82, 2.24) is 15.6 Å². The molecule has 7 nitrogen and oxygen atoms in total. The highest BCUT2D eigenvalue weighted by molar-refractivity contribution is 7.20. The molecule has 2 rings (SSSR count). The molecule has 9 heteroatoms. The minimum absolute atomic E-state index is 0.132. The smallest absolute Gasteiger partial charge is 0.358 e. The van der Waals surface area contributed by atoms with Crippen LogP contribution in [-0.4, -0.2) is 34.5 Å². The number of nitrogens with zero attached hydrogens (tertiary/aromatic N) is 1. The minimum Gasteiger partial charge on any atom is -0.448 e. The van der Waals surface area contributed by atoms with Crippen LogP contribution in [0.2, 0.25) is 0 Å². The second-order valence-electron chi connectivity index (χ2n) is 6.26. The Balaban J connectivity index is 1.91. The molecule has 25 heavy (non-hydrogen) atoms. The van der Waals surface area contributed by atoms with Crippen LogP contribution in [-0.2, 0) is 9.53 Å². The molecule has 0 saturated heterocycles. The third-order valence-electron chi connectivity index (χ3n) is 2.82. The van der Waals surface area contributed by atoms with E-state index in [1.807, 2.05) is 17.5 Å². The van der Waals surface area contributed by atoms with E-state index in [0.29, 0.717) is 5.01 Å². The Bertz CT molecular complexity index is 763. The van der Waals surface area contributed by atoms with Crippen molar-refractivity contribution >= 4 is 40.6 Å². The molecule has 0 bridgehead atoms. The molecule has 1 atom stereocenters. The monoisotopic (exact) mass is 381 g/mol. The molecule has 0 fully saturated rings. The van der Waals surface area contributed by atoms with Crippen LogP contribution in [0.1, 0.15) is 38.2 Å². The molecule has 0 spiro atoms. The van der Waals surface area contributed by atoms with Crippen molar-refractivity contribution in [2.24, 2.45) is 0 Å². The van der Waals surface area contributed by atoms with Crippen LogP contribution in [0.5, 0.6) is 0 Å². The number of urea groups is 1. The first-order valence-corrected chi connectivity index (χ1v) is 9.25. The van der Waals surface area contributed by atoms with Crippen LogP contribution in [0.15, 0.2) is 22.9 Å². The standard InChI is InChI=1S/C16H19N3O4S2/c1-9(12(20)18-15(22)19-16(2,3)4)23-14(21)10-8-25-13(17-10)11-6-5-7-24-11/h5-9H,1-4H3,(H2,18,19,20,22). The number of thiazole rings is 1.